The van der Waals surface area contributed by atoms with Crippen LogP contribution in [0.4, 0.5) is 0 Å². The number of esters is 1. The van der Waals surface area contributed by atoms with Gasteiger partial charge in [0.1, 0.15) is 4.88 Å². The zero-order chi connectivity index (χ0) is 20.1. The smallest absolute Gasteiger partial charge is 0.351 e. The molecular formula is C22H22N2O3S. The lowest BCUT2D eigenvalue weighted by Gasteiger charge is -2.21. The molecule has 0 aliphatic heterocycles. The molecule has 28 heavy (non-hydrogen) atoms. The summed E-state index contributed by atoms with van der Waals surface area (Å²) in [6, 6.07) is 19.2. The van der Waals surface area contributed by atoms with E-state index in [0.717, 1.165) is 16.1 Å². The van der Waals surface area contributed by atoms with Crippen LogP contribution in [0, 0.1) is 6.92 Å². The molecule has 0 fully saturated rings. The number of amides is 1. The Kier molecular flexibility index (Phi) is 6.21. The predicted molar refractivity (Wildman–Crippen MR) is 110 cm³/mol. The topological polar surface area (TPSA) is 59.5 Å². The molecule has 1 amide bonds. The van der Waals surface area contributed by atoms with Crippen molar-refractivity contribution in [1.29, 1.82) is 0 Å². The standard InChI is InChI=1S/C22H22N2O3S/c1-15(21(25)24(3)14-17-10-6-4-7-11-17)27-22(26)20-19(23-16(2)28-20)18-12-8-5-9-13-18/h4-13,15H,14H2,1-3H3/t15-/m0/s1. The third kappa shape index (κ3) is 4.64. The van der Waals surface area contributed by atoms with E-state index in [1.165, 1.54) is 11.3 Å². The van der Waals surface area contributed by atoms with Crippen molar-refractivity contribution in [3.8, 4) is 11.3 Å². The molecule has 0 aliphatic carbocycles. The van der Waals surface area contributed by atoms with E-state index in [-0.39, 0.29) is 5.91 Å². The second-order valence-electron chi connectivity index (χ2n) is 6.50. The quantitative estimate of drug-likeness (QED) is 0.584. The third-order valence-electron chi connectivity index (χ3n) is 4.24. The SMILES string of the molecule is Cc1nc(-c2ccccc2)c(C(=O)O[C@@H](C)C(=O)N(C)Cc2ccccc2)s1. The Morgan fingerprint density at radius 3 is 2.32 bits per heavy atom. The number of carbonyl (C=O) groups is 2. The number of likely N-dealkylation sites (N-methyl/N-ethyl adjacent to an activating group) is 1. The summed E-state index contributed by atoms with van der Waals surface area (Å²) in [5.74, 6) is -0.780. The van der Waals surface area contributed by atoms with Gasteiger partial charge < -0.3 is 9.64 Å². The van der Waals surface area contributed by atoms with Crippen LogP contribution < -0.4 is 0 Å². The van der Waals surface area contributed by atoms with Crippen LogP contribution in [0.5, 0.6) is 0 Å². The Labute approximate surface area is 168 Å². The van der Waals surface area contributed by atoms with Gasteiger partial charge in [-0.2, -0.15) is 0 Å². The van der Waals surface area contributed by atoms with Gasteiger partial charge in [-0.25, -0.2) is 9.78 Å². The number of carbonyl (C=O) groups excluding carboxylic acids is 2. The van der Waals surface area contributed by atoms with Gasteiger partial charge in [0.05, 0.1) is 10.7 Å². The van der Waals surface area contributed by atoms with Crippen molar-refractivity contribution in [3.63, 3.8) is 0 Å². The fraction of sp³-hybridized carbons (Fsp3) is 0.227. The number of hydrogen-bond acceptors (Lipinski definition) is 5. The number of nitrogens with zero attached hydrogens (tertiary/aromatic N) is 2. The molecule has 0 N–H and O–H groups in total. The highest BCUT2D eigenvalue weighted by Crippen LogP contribution is 2.29. The molecule has 3 aromatic rings. The van der Waals surface area contributed by atoms with Gasteiger partial charge in [0.2, 0.25) is 0 Å². The first-order chi connectivity index (χ1) is 13.5. The van der Waals surface area contributed by atoms with E-state index in [1.54, 1.807) is 18.9 Å². The molecule has 0 radical (unpaired) electrons. The van der Waals surface area contributed by atoms with Crippen LogP contribution in [0.2, 0.25) is 0 Å². The molecule has 0 bridgehead atoms. The first kappa shape index (κ1) is 19.8. The summed E-state index contributed by atoms with van der Waals surface area (Å²) in [5, 5.41) is 0.769. The Morgan fingerprint density at radius 1 is 1.07 bits per heavy atom. The number of rotatable bonds is 6. The molecule has 1 atom stereocenters. The minimum Gasteiger partial charge on any atom is -0.448 e. The Morgan fingerprint density at radius 2 is 1.68 bits per heavy atom. The number of aromatic nitrogens is 1. The van der Waals surface area contributed by atoms with Gasteiger partial charge in [-0.1, -0.05) is 60.7 Å². The van der Waals surface area contributed by atoms with Crippen molar-refractivity contribution in [2.24, 2.45) is 0 Å². The van der Waals surface area contributed by atoms with Crippen LogP contribution in [-0.2, 0) is 16.1 Å². The van der Waals surface area contributed by atoms with Gasteiger partial charge in [-0.05, 0) is 19.4 Å². The predicted octanol–water partition coefficient (Wildman–Crippen LogP) is 4.32. The zero-order valence-corrected chi connectivity index (χ0v) is 16.9. The molecule has 0 saturated heterocycles. The van der Waals surface area contributed by atoms with E-state index in [0.29, 0.717) is 17.1 Å². The van der Waals surface area contributed by atoms with Crippen molar-refractivity contribution in [2.45, 2.75) is 26.5 Å². The average Bonchev–Trinajstić information content (AvgIpc) is 3.10. The van der Waals surface area contributed by atoms with E-state index in [1.807, 2.05) is 67.6 Å². The van der Waals surface area contributed by atoms with Gasteiger partial charge in [-0.3, -0.25) is 4.79 Å². The van der Waals surface area contributed by atoms with Crippen molar-refractivity contribution in [3.05, 3.63) is 76.1 Å². The number of ether oxygens (including phenoxy) is 1. The Bertz CT molecular complexity index is 954. The third-order valence-corrected chi connectivity index (χ3v) is 5.19. The molecule has 0 unspecified atom stereocenters. The number of hydrogen-bond donors (Lipinski definition) is 0. The molecular weight excluding hydrogens is 372 g/mol. The summed E-state index contributed by atoms with van der Waals surface area (Å²) >= 11 is 1.27. The minimum atomic E-state index is -0.882. The average molecular weight is 394 g/mol. The lowest BCUT2D eigenvalue weighted by Crippen LogP contribution is -2.37. The molecule has 6 heteroatoms. The summed E-state index contributed by atoms with van der Waals surface area (Å²) in [6.45, 7) is 3.89. The summed E-state index contributed by atoms with van der Waals surface area (Å²) in [6.07, 6.45) is -0.882. The normalized spacial score (nSPS) is 11.7. The van der Waals surface area contributed by atoms with E-state index in [2.05, 4.69) is 4.98 Å². The van der Waals surface area contributed by atoms with Crippen LogP contribution in [0.15, 0.2) is 60.7 Å². The van der Waals surface area contributed by atoms with Gasteiger partial charge >= 0.3 is 5.97 Å². The maximum atomic E-state index is 12.7. The molecule has 2 aromatic carbocycles. The first-order valence-corrected chi connectivity index (χ1v) is 9.80. The van der Waals surface area contributed by atoms with E-state index in [4.69, 9.17) is 4.74 Å². The Balaban J connectivity index is 1.70. The summed E-state index contributed by atoms with van der Waals surface area (Å²) < 4.78 is 5.47. The van der Waals surface area contributed by atoms with E-state index >= 15 is 0 Å². The van der Waals surface area contributed by atoms with Gasteiger partial charge in [0, 0.05) is 19.2 Å². The highest BCUT2D eigenvalue weighted by Gasteiger charge is 2.26. The molecule has 0 saturated carbocycles. The Hall–Kier alpha value is -2.99. The van der Waals surface area contributed by atoms with E-state index in [9.17, 15) is 9.59 Å². The molecule has 1 aromatic heterocycles. The van der Waals surface area contributed by atoms with Crippen LogP contribution in [-0.4, -0.2) is 34.9 Å². The van der Waals surface area contributed by atoms with Crippen molar-refractivity contribution >= 4 is 23.2 Å². The van der Waals surface area contributed by atoms with Crippen molar-refractivity contribution in [2.75, 3.05) is 7.05 Å². The van der Waals surface area contributed by atoms with Gasteiger partial charge in [-0.15, -0.1) is 11.3 Å². The maximum Gasteiger partial charge on any atom is 0.351 e. The van der Waals surface area contributed by atoms with Crippen molar-refractivity contribution in [1.82, 2.24) is 9.88 Å². The monoisotopic (exact) mass is 394 g/mol. The zero-order valence-electron chi connectivity index (χ0n) is 16.1. The van der Waals surface area contributed by atoms with Crippen molar-refractivity contribution < 1.29 is 14.3 Å². The van der Waals surface area contributed by atoms with Crippen LogP contribution >= 0.6 is 11.3 Å². The second kappa shape index (κ2) is 8.80. The fourth-order valence-electron chi connectivity index (χ4n) is 2.87. The fourth-order valence-corrected chi connectivity index (χ4v) is 3.69. The lowest BCUT2D eigenvalue weighted by atomic mass is 10.1. The van der Waals surface area contributed by atoms with Crippen LogP contribution in [0.3, 0.4) is 0 Å². The number of benzene rings is 2. The summed E-state index contributed by atoms with van der Waals surface area (Å²) in [7, 11) is 1.70. The molecule has 3 rings (SSSR count). The summed E-state index contributed by atoms with van der Waals surface area (Å²) in [4.78, 5) is 31.8. The van der Waals surface area contributed by atoms with Crippen LogP contribution in [0.25, 0.3) is 11.3 Å². The van der Waals surface area contributed by atoms with Gasteiger partial charge in [0.25, 0.3) is 5.91 Å². The molecule has 1 heterocycles. The molecule has 0 aliphatic rings. The molecule has 0 spiro atoms. The molecule has 144 valence electrons. The molecule has 5 nitrogen and oxygen atoms in total. The lowest BCUT2D eigenvalue weighted by molar-refractivity contribution is -0.139. The highest BCUT2D eigenvalue weighted by molar-refractivity contribution is 7.14. The number of aryl methyl sites for hydroxylation is 1. The highest BCUT2D eigenvalue weighted by atomic mass is 32.1. The van der Waals surface area contributed by atoms with E-state index < -0.39 is 12.1 Å². The minimum absolute atomic E-state index is 0.250. The summed E-state index contributed by atoms with van der Waals surface area (Å²) in [5.41, 5.74) is 2.45. The van der Waals surface area contributed by atoms with Crippen LogP contribution in [0.1, 0.15) is 27.2 Å². The number of thiazole rings is 1. The first-order valence-electron chi connectivity index (χ1n) is 8.98. The second-order valence-corrected chi connectivity index (χ2v) is 7.71. The largest absolute Gasteiger partial charge is 0.448 e. The maximum absolute atomic E-state index is 12.7. The van der Waals surface area contributed by atoms with Gasteiger partial charge in [0.15, 0.2) is 6.10 Å².